The summed E-state index contributed by atoms with van der Waals surface area (Å²) in [5.74, 6) is 0. The first kappa shape index (κ1) is 33.8. The lowest BCUT2D eigenvalue weighted by Crippen LogP contribution is -2.26. The van der Waals surface area contributed by atoms with Crippen LogP contribution in [-0.2, 0) is 5.41 Å². The topological polar surface area (TPSA) is 3.24 Å². The molecule has 1 heteroatoms. The van der Waals surface area contributed by atoms with Gasteiger partial charge in [0.05, 0.1) is 5.41 Å². The van der Waals surface area contributed by atoms with Crippen molar-refractivity contribution in [3.63, 3.8) is 0 Å². The second-order valence-electron chi connectivity index (χ2n) is 17.2. The van der Waals surface area contributed by atoms with Crippen LogP contribution in [0.4, 0.5) is 17.1 Å². The highest BCUT2D eigenvalue weighted by Gasteiger charge is 2.51. The van der Waals surface area contributed by atoms with Crippen LogP contribution in [0, 0.1) is 0 Å². The van der Waals surface area contributed by atoms with Crippen molar-refractivity contribution in [2.75, 3.05) is 4.90 Å². The number of anilines is 3. The first-order valence-corrected chi connectivity index (χ1v) is 21.7. The summed E-state index contributed by atoms with van der Waals surface area (Å²) in [5.41, 5.74) is 21.2. The van der Waals surface area contributed by atoms with Crippen LogP contribution in [-0.4, -0.2) is 0 Å². The number of fused-ring (bicyclic) bond motifs is 16. The van der Waals surface area contributed by atoms with Gasteiger partial charge in [0, 0.05) is 17.1 Å². The van der Waals surface area contributed by atoms with Gasteiger partial charge in [-0.2, -0.15) is 0 Å². The van der Waals surface area contributed by atoms with Crippen LogP contribution in [0.15, 0.2) is 224 Å². The standard InChI is InChI=1S/C61H37N/c1-2-14-46-39(11-1)23-24-42-35-41(27-32-47(42)46)38-25-28-43(29-26-38)62(44-30-33-48-53-18-9-12-40-13-10-19-54(60(40)53)55(48)36-44)45-31-34-52-51-17-5-8-22-58(51)61(59(52)37-45)56-20-6-3-15-49(56)50-16-4-7-21-57(50)61/h1-37H. The highest BCUT2D eigenvalue weighted by atomic mass is 15.1. The Morgan fingerprint density at radius 1 is 0.258 bits per heavy atom. The van der Waals surface area contributed by atoms with Crippen LogP contribution in [0.25, 0.3) is 88.0 Å². The zero-order valence-corrected chi connectivity index (χ0v) is 33.8. The molecule has 1 nitrogen and oxygen atoms in total. The Morgan fingerprint density at radius 2 is 0.758 bits per heavy atom. The minimum absolute atomic E-state index is 0.429. The van der Waals surface area contributed by atoms with E-state index in [1.54, 1.807) is 0 Å². The SMILES string of the molecule is c1ccc2c(c1)-c1ccccc1C21c2ccccc2-c2ccc(N(c3ccc(-c4ccc5c(ccc6ccccc65)c4)cc3)c3ccc4c(c3)-c3cccc5cccc-4c35)cc21. The maximum Gasteiger partial charge on any atom is 0.0726 e. The molecule has 3 aliphatic carbocycles. The average Bonchev–Trinajstić information content (AvgIpc) is 3.94. The van der Waals surface area contributed by atoms with Crippen molar-refractivity contribution in [1.29, 1.82) is 0 Å². The fourth-order valence-electron chi connectivity index (χ4n) is 11.6. The first-order chi connectivity index (χ1) is 30.7. The minimum atomic E-state index is -0.429. The van der Waals surface area contributed by atoms with Gasteiger partial charge in [0.2, 0.25) is 0 Å². The summed E-state index contributed by atoms with van der Waals surface area (Å²) in [6.45, 7) is 0. The smallest absolute Gasteiger partial charge is 0.0726 e. The summed E-state index contributed by atoms with van der Waals surface area (Å²) in [4.78, 5) is 2.48. The van der Waals surface area contributed by atoms with E-state index in [1.807, 2.05) is 0 Å². The second-order valence-corrected chi connectivity index (χ2v) is 17.2. The molecule has 0 N–H and O–H groups in total. The molecule has 0 bridgehead atoms. The van der Waals surface area contributed by atoms with Gasteiger partial charge in [-0.1, -0.05) is 182 Å². The van der Waals surface area contributed by atoms with Crippen LogP contribution >= 0.6 is 0 Å². The fraction of sp³-hybridized carbons (Fsp3) is 0.0164. The van der Waals surface area contributed by atoms with E-state index >= 15 is 0 Å². The molecule has 0 heterocycles. The monoisotopic (exact) mass is 783 g/mol. The van der Waals surface area contributed by atoms with E-state index in [2.05, 4.69) is 229 Å². The third-order valence-corrected chi connectivity index (χ3v) is 14.2. The molecule has 14 rings (SSSR count). The summed E-state index contributed by atoms with van der Waals surface area (Å²) in [5, 5.41) is 7.73. The summed E-state index contributed by atoms with van der Waals surface area (Å²) in [7, 11) is 0. The van der Waals surface area contributed by atoms with Gasteiger partial charge in [0.1, 0.15) is 0 Å². The molecule has 11 aromatic carbocycles. The number of benzene rings is 11. The lowest BCUT2D eigenvalue weighted by molar-refractivity contribution is 0.793. The third-order valence-electron chi connectivity index (χ3n) is 14.2. The quantitative estimate of drug-likeness (QED) is 0.161. The van der Waals surface area contributed by atoms with Gasteiger partial charge in [-0.25, -0.2) is 0 Å². The predicted molar refractivity (Wildman–Crippen MR) is 260 cm³/mol. The third kappa shape index (κ3) is 4.47. The molecule has 62 heavy (non-hydrogen) atoms. The maximum atomic E-state index is 2.50. The molecule has 0 aromatic heterocycles. The molecular weight excluding hydrogens is 747 g/mol. The molecule has 1 spiro atoms. The fourth-order valence-corrected chi connectivity index (χ4v) is 11.6. The number of hydrogen-bond donors (Lipinski definition) is 0. The molecule has 0 radical (unpaired) electrons. The Kier molecular flexibility index (Phi) is 6.82. The van der Waals surface area contributed by atoms with Crippen molar-refractivity contribution in [2.24, 2.45) is 0 Å². The number of nitrogens with zero attached hydrogens (tertiary/aromatic N) is 1. The van der Waals surface area contributed by atoms with Crippen molar-refractivity contribution in [3.05, 3.63) is 247 Å². The molecular formula is C61H37N. The average molecular weight is 784 g/mol. The molecule has 0 fully saturated rings. The van der Waals surface area contributed by atoms with Crippen LogP contribution in [0.2, 0.25) is 0 Å². The molecule has 0 unspecified atom stereocenters. The van der Waals surface area contributed by atoms with E-state index in [9.17, 15) is 0 Å². The van der Waals surface area contributed by atoms with Gasteiger partial charge in [0.15, 0.2) is 0 Å². The Balaban J connectivity index is 0.969. The number of rotatable bonds is 4. The predicted octanol–water partition coefficient (Wildman–Crippen LogP) is 16.3. The number of hydrogen-bond acceptors (Lipinski definition) is 1. The minimum Gasteiger partial charge on any atom is -0.310 e. The van der Waals surface area contributed by atoms with E-state index in [-0.39, 0.29) is 0 Å². The molecule has 0 saturated carbocycles. The maximum absolute atomic E-state index is 2.50. The Bertz CT molecular complexity index is 3630. The summed E-state index contributed by atoms with van der Waals surface area (Å²) in [6, 6.07) is 84.2. The summed E-state index contributed by atoms with van der Waals surface area (Å²) < 4.78 is 0. The highest BCUT2D eigenvalue weighted by Crippen LogP contribution is 2.63. The van der Waals surface area contributed by atoms with E-state index in [0.29, 0.717) is 0 Å². The largest absolute Gasteiger partial charge is 0.310 e. The van der Waals surface area contributed by atoms with Gasteiger partial charge in [0.25, 0.3) is 0 Å². The zero-order valence-electron chi connectivity index (χ0n) is 33.8. The van der Waals surface area contributed by atoms with Crippen LogP contribution in [0.1, 0.15) is 22.3 Å². The van der Waals surface area contributed by atoms with Crippen LogP contribution < -0.4 is 4.90 Å². The normalized spacial score (nSPS) is 13.3. The van der Waals surface area contributed by atoms with E-state index < -0.39 is 5.41 Å². The van der Waals surface area contributed by atoms with Gasteiger partial charge in [-0.3, -0.25) is 0 Å². The van der Waals surface area contributed by atoms with Crippen molar-refractivity contribution in [2.45, 2.75) is 5.41 Å². The molecule has 11 aromatic rings. The molecule has 0 aliphatic heterocycles. The van der Waals surface area contributed by atoms with Gasteiger partial charge in [-0.15, -0.1) is 0 Å². The zero-order chi connectivity index (χ0) is 40.5. The van der Waals surface area contributed by atoms with E-state index in [1.165, 1.54) is 110 Å². The Morgan fingerprint density at radius 3 is 1.47 bits per heavy atom. The first-order valence-electron chi connectivity index (χ1n) is 21.7. The van der Waals surface area contributed by atoms with Gasteiger partial charge < -0.3 is 4.90 Å². The molecule has 0 atom stereocenters. The highest BCUT2D eigenvalue weighted by molar-refractivity contribution is 6.16. The van der Waals surface area contributed by atoms with Crippen molar-refractivity contribution >= 4 is 49.4 Å². The lowest BCUT2D eigenvalue weighted by atomic mass is 9.70. The van der Waals surface area contributed by atoms with Crippen molar-refractivity contribution in [3.8, 4) is 55.6 Å². The van der Waals surface area contributed by atoms with Crippen molar-refractivity contribution < 1.29 is 0 Å². The Hall–Kier alpha value is -8.00. The van der Waals surface area contributed by atoms with Crippen molar-refractivity contribution in [1.82, 2.24) is 0 Å². The Labute approximate surface area is 360 Å². The molecule has 286 valence electrons. The lowest BCUT2D eigenvalue weighted by Gasteiger charge is -2.32. The molecule has 3 aliphatic rings. The van der Waals surface area contributed by atoms with Crippen LogP contribution in [0.3, 0.4) is 0 Å². The van der Waals surface area contributed by atoms with Crippen LogP contribution in [0.5, 0.6) is 0 Å². The molecule has 0 saturated heterocycles. The summed E-state index contributed by atoms with van der Waals surface area (Å²) in [6.07, 6.45) is 0. The summed E-state index contributed by atoms with van der Waals surface area (Å²) >= 11 is 0. The van der Waals surface area contributed by atoms with Gasteiger partial charge in [-0.05, 0) is 153 Å². The second kappa shape index (κ2) is 12.5. The molecule has 0 amide bonds. The van der Waals surface area contributed by atoms with Gasteiger partial charge >= 0.3 is 0 Å². The van der Waals surface area contributed by atoms with E-state index in [4.69, 9.17) is 0 Å². The van der Waals surface area contributed by atoms with E-state index in [0.717, 1.165) is 17.1 Å².